The summed E-state index contributed by atoms with van der Waals surface area (Å²) in [6, 6.07) is 2.35. The zero-order valence-electron chi connectivity index (χ0n) is 10.9. The normalized spacial score (nSPS) is 25.9. The number of methoxy groups -OCH3 is 1. The Bertz CT molecular complexity index is 563. The highest BCUT2D eigenvalue weighted by Gasteiger charge is 2.48. The maximum atomic E-state index is 5.46. The van der Waals surface area contributed by atoms with Crippen molar-refractivity contribution in [1.29, 1.82) is 0 Å². The number of hydrogen-bond donors (Lipinski definition) is 1. The van der Waals surface area contributed by atoms with Gasteiger partial charge in [0.1, 0.15) is 5.52 Å². The molecule has 0 radical (unpaired) electrons. The molecule has 0 spiro atoms. The van der Waals surface area contributed by atoms with Gasteiger partial charge in [0.2, 0.25) is 0 Å². The Hall–Kier alpha value is -1.62. The van der Waals surface area contributed by atoms with Gasteiger partial charge in [0.15, 0.2) is 5.82 Å². The minimum atomic E-state index is 0.128. The quantitative estimate of drug-likeness (QED) is 0.899. The number of nitrogens with one attached hydrogen (secondary N) is 1. The Morgan fingerprint density at radius 2 is 2.28 bits per heavy atom. The molecule has 2 atom stereocenters. The van der Waals surface area contributed by atoms with Gasteiger partial charge >= 0.3 is 0 Å². The number of ether oxygens (including phenoxy) is 1. The molecule has 1 saturated carbocycles. The first-order valence-electron chi connectivity index (χ1n) is 6.20. The molecule has 1 aliphatic rings. The Morgan fingerprint density at radius 1 is 1.44 bits per heavy atom. The summed E-state index contributed by atoms with van der Waals surface area (Å²) in [6.07, 6.45) is 6.73. The van der Waals surface area contributed by atoms with Crippen LogP contribution in [0.4, 0.5) is 5.82 Å². The van der Waals surface area contributed by atoms with Crippen LogP contribution < -0.4 is 5.32 Å². The average molecular weight is 246 g/mol. The molecule has 2 unspecified atom stereocenters. The van der Waals surface area contributed by atoms with Crippen molar-refractivity contribution >= 4 is 11.3 Å². The Morgan fingerprint density at radius 3 is 3.00 bits per heavy atom. The monoisotopic (exact) mass is 246 g/mol. The second kappa shape index (κ2) is 3.95. The fraction of sp³-hybridized carbons (Fsp3) is 0.538. The number of hydrogen-bond acceptors (Lipinski definition) is 4. The summed E-state index contributed by atoms with van der Waals surface area (Å²) >= 11 is 0. The van der Waals surface area contributed by atoms with Gasteiger partial charge in [0, 0.05) is 31.0 Å². The number of aromatic nitrogens is 3. The third kappa shape index (κ3) is 1.58. The van der Waals surface area contributed by atoms with E-state index in [1.807, 2.05) is 16.8 Å². The Balaban J connectivity index is 1.84. The molecule has 0 saturated heterocycles. The maximum Gasteiger partial charge on any atom is 0.152 e. The first kappa shape index (κ1) is 11.5. The van der Waals surface area contributed by atoms with Crippen molar-refractivity contribution in [3.63, 3.8) is 0 Å². The van der Waals surface area contributed by atoms with Crippen molar-refractivity contribution < 1.29 is 4.74 Å². The highest BCUT2D eigenvalue weighted by molar-refractivity contribution is 5.67. The molecule has 96 valence electrons. The van der Waals surface area contributed by atoms with Gasteiger partial charge in [-0.3, -0.25) is 0 Å². The summed E-state index contributed by atoms with van der Waals surface area (Å²) in [5, 5.41) is 7.72. The molecule has 5 heteroatoms. The molecule has 2 aromatic rings. The summed E-state index contributed by atoms with van der Waals surface area (Å²) in [4.78, 5) is 4.40. The van der Waals surface area contributed by atoms with Crippen molar-refractivity contribution in [2.45, 2.75) is 32.4 Å². The van der Waals surface area contributed by atoms with E-state index in [2.05, 4.69) is 29.2 Å². The van der Waals surface area contributed by atoms with Crippen molar-refractivity contribution in [2.75, 3.05) is 12.4 Å². The lowest BCUT2D eigenvalue weighted by atomic mass is 9.64. The zero-order valence-corrected chi connectivity index (χ0v) is 10.9. The molecule has 0 bridgehead atoms. The summed E-state index contributed by atoms with van der Waals surface area (Å²) in [5.41, 5.74) is 1.14. The first-order valence-corrected chi connectivity index (χ1v) is 6.20. The highest BCUT2D eigenvalue weighted by Crippen LogP contribution is 2.44. The lowest BCUT2D eigenvalue weighted by Crippen LogP contribution is -2.57. The molecule has 1 fully saturated rings. The van der Waals surface area contributed by atoms with E-state index in [1.165, 1.54) is 0 Å². The fourth-order valence-electron chi connectivity index (χ4n) is 2.66. The van der Waals surface area contributed by atoms with Crippen LogP contribution in [0.1, 0.15) is 20.3 Å². The predicted octanol–water partition coefficient (Wildman–Crippen LogP) is 1.95. The van der Waals surface area contributed by atoms with Gasteiger partial charge in [-0.05, 0) is 12.5 Å². The smallest absolute Gasteiger partial charge is 0.152 e. The van der Waals surface area contributed by atoms with Gasteiger partial charge in [-0.25, -0.2) is 9.50 Å². The third-order valence-corrected chi connectivity index (χ3v) is 4.10. The molecule has 5 nitrogen and oxygen atoms in total. The number of anilines is 1. The van der Waals surface area contributed by atoms with Gasteiger partial charge in [0.25, 0.3) is 0 Å². The van der Waals surface area contributed by atoms with Crippen LogP contribution >= 0.6 is 0 Å². The number of fused-ring (bicyclic) bond motifs is 1. The first-order chi connectivity index (χ1) is 8.63. The Kier molecular flexibility index (Phi) is 2.52. The molecule has 1 N–H and O–H groups in total. The molecule has 3 rings (SSSR count). The van der Waals surface area contributed by atoms with Crippen molar-refractivity contribution in [3.8, 4) is 0 Å². The molecule has 0 aromatic carbocycles. The topological polar surface area (TPSA) is 51.5 Å². The second-order valence-electron chi connectivity index (χ2n) is 5.42. The Labute approximate surface area is 106 Å². The van der Waals surface area contributed by atoms with E-state index in [1.54, 1.807) is 19.5 Å². The number of rotatable bonds is 3. The van der Waals surface area contributed by atoms with Crippen LogP contribution in [-0.2, 0) is 4.74 Å². The van der Waals surface area contributed by atoms with Crippen LogP contribution in [0.3, 0.4) is 0 Å². The zero-order chi connectivity index (χ0) is 12.8. The van der Waals surface area contributed by atoms with E-state index in [4.69, 9.17) is 4.74 Å². The summed E-state index contributed by atoms with van der Waals surface area (Å²) in [7, 11) is 1.78. The molecule has 18 heavy (non-hydrogen) atoms. The van der Waals surface area contributed by atoms with Crippen LogP contribution in [0.2, 0.25) is 0 Å². The highest BCUT2D eigenvalue weighted by atomic mass is 16.5. The van der Waals surface area contributed by atoms with Crippen LogP contribution in [0.15, 0.2) is 24.7 Å². The second-order valence-corrected chi connectivity index (χ2v) is 5.42. The van der Waals surface area contributed by atoms with E-state index < -0.39 is 0 Å². The lowest BCUT2D eigenvalue weighted by molar-refractivity contribution is -0.0795. The predicted molar refractivity (Wildman–Crippen MR) is 69.6 cm³/mol. The number of nitrogens with zero attached hydrogens (tertiary/aromatic N) is 3. The van der Waals surface area contributed by atoms with E-state index in [9.17, 15) is 0 Å². The van der Waals surface area contributed by atoms with Crippen molar-refractivity contribution in [3.05, 3.63) is 24.7 Å². The molecular formula is C13H18N4O. The molecule has 0 amide bonds. The van der Waals surface area contributed by atoms with E-state index in [0.29, 0.717) is 12.1 Å². The van der Waals surface area contributed by atoms with E-state index in [-0.39, 0.29) is 5.41 Å². The van der Waals surface area contributed by atoms with Crippen molar-refractivity contribution in [1.82, 2.24) is 14.6 Å². The molecular weight excluding hydrogens is 228 g/mol. The molecule has 2 aromatic heterocycles. The summed E-state index contributed by atoms with van der Waals surface area (Å²) in [6.45, 7) is 4.44. The van der Waals surface area contributed by atoms with Crippen LogP contribution in [0, 0.1) is 5.41 Å². The fourth-order valence-corrected chi connectivity index (χ4v) is 2.66. The van der Waals surface area contributed by atoms with Gasteiger partial charge < -0.3 is 10.1 Å². The van der Waals surface area contributed by atoms with Gasteiger partial charge in [-0.1, -0.05) is 13.8 Å². The maximum absolute atomic E-state index is 5.46. The standard InChI is InChI=1S/C13H18N4O/c1-13(2)10(8-11(13)18-3)16-12-9-4-5-15-17(9)7-6-14-12/h4-7,10-11H,8H2,1-3H3,(H,14,16). The van der Waals surface area contributed by atoms with E-state index in [0.717, 1.165) is 17.8 Å². The van der Waals surface area contributed by atoms with Crippen LogP contribution in [-0.4, -0.2) is 33.9 Å². The third-order valence-electron chi connectivity index (χ3n) is 4.10. The molecule has 0 aliphatic heterocycles. The van der Waals surface area contributed by atoms with Gasteiger partial charge in [0.05, 0.1) is 12.3 Å². The summed E-state index contributed by atoms with van der Waals surface area (Å²) in [5.74, 6) is 0.891. The van der Waals surface area contributed by atoms with Crippen LogP contribution in [0.25, 0.3) is 5.52 Å². The van der Waals surface area contributed by atoms with Crippen molar-refractivity contribution in [2.24, 2.45) is 5.41 Å². The van der Waals surface area contributed by atoms with Crippen LogP contribution in [0.5, 0.6) is 0 Å². The molecule has 2 heterocycles. The minimum Gasteiger partial charge on any atom is -0.381 e. The van der Waals surface area contributed by atoms with E-state index >= 15 is 0 Å². The van der Waals surface area contributed by atoms with Gasteiger partial charge in [-0.15, -0.1) is 0 Å². The minimum absolute atomic E-state index is 0.128. The average Bonchev–Trinajstić information content (AvgIpc) is 2.82. The summed E-state index contributed by atoms with van der Waals surface area (Å²) < 4.78 is 7.29. The largest absolute Gasteiger partial charge is 0.381 e. The lowest BCUT2D eigenvalue weighted by Gasteiger charge is -2.51. The van der Waals surface area contributed by atoms with Gasteiger partial charge in [-0.2, -0.15) is 5.10 Å². The SMILES string of the molecule is COC1CC(Nc2nccn3nccc23)C1(C)C. The molecule has 1 aliphatic carbocycles.